The molecule has 0 fully saturated rings. The van der Waals surface area contributed by atoms with Crippen LogP contribution in [0.25, 0.3) is 10.9 Å². The molecule has 2 aromatic heterocycles. The molecule has 0 aliphatic heterocycles. The number of para-hydroxylation sites is 1. The van der Waals surface area contributed by atoms with Crippen LogP contribution in [-0.2, 0) is 6.42 Å². The van der Waals surface area contributed by atoms with Gasteiger partial charge in [-0.3, -0.25) is 4.79 Å². The van der Waals surface area contributed by atoms with Crippen molar-refractivity contribution in [3.05, 3.63) is 83.2 Å². The Kier molecular flexibility index (Phi) is 5.24. The molecular formula is C23H23N5O. The van der Waals surface area contributed by atoms with Crippen LogP contribution >= 0.6 is 0 Å². The normalized spacial score (nSPS) is 10.8. The van der Waals surface area contributed by atoms with E-state index in [1.54, 1.807) is 12.1 Å². The second-order valence-corrected chi connectivity index (χ2v) is 7.17. The number of nitrogens with zero attached hydrogens (tertiary/aromatic N) is 2. The van der Waals surface area contributed by atoms with Gasteiger partial charge in [-0.25, -0.2) is 0 Å². The van der Waals surface area contributed by atoms with E-state index < -0.39 is 0 Å². The van der Waals surface area contributed by atoms with Crippen LogP contribution in [-0.4, -0.2) is 27.6 Å². The number of nitrogens with one attached hydrogen (secondary N) is 3. The van der Waals surface area contributed by atoms with Crippen molar-refractivity contribution in [2.24, 2.45) is 0 Å². The molecule has 1 amide bonds. The highest BCUT2D eigenvalue weighted by Crippen LogP contribution is 2.18. The Morgan fingerprint density at radius 2 is 1.79 bits per heavy atom. The van der Waals surface area contributed by atoms with Crippen LogP contribution in [0, 0.1) is 13.8 Å². The van der Waals surface area contributed by atoms with Crippen LogP contribution in [0.15, 0.2) is 60.8 Å². The number of H-pyrrole nitrogens is 1. The van der Waals surface area contributed by atoms with Crippen molar-refractivity contribution in [3.8, 4) is 0 Å². The minimum absolute atomic E-state index is 0.271. The van der Waals surface area contributed by atoms with Crippen LogP contribution in [0.2, 0.25) is 0 Å². The molecule has 2 heterocycles. The Labute approximate surface area is 169 Å². The minimum atomic E-state index is -0.271. The first-order valence-electron chi connectivity index (χ1n) is 9.61. The SMILES string of the molecule is Cc1cc(C)cc(NC(=O)c2ccc(NCCc3c[nH]c4ccccc34)nn2)c1. The first-order chi connectivity index (χ1) is 14.1. The molecule has 0 radical (unpaired) electrons. The van der Waals surface area contributed by atoms with Gasteiger partial charge in [-0.15, -0.1) is 10.2 Å². The van der Waals surface area contributed by atoms with Crippen LogP contribution in [0.4, 0.5) is 11.5 Å². The highest BCUT2D eigenvalue weighted by Gasteiger charge is 2.09. The number of aryl methyl sites for hydroxylation is 2. The lowest BCUT2D eigenvalue weighted by molar-refractivity contribution is 0.102. The van der Waals surface area contributed by atoms with E-state index in [-0.39, 0.29) is 11.6 Å². The quantitative estimate of drug-likeness (QED) is 0.457. The van der Waals surface area contributed by atoms with E-state index >= 15 is 0 Å². The third-order valence-electron chi connectivity index (χ3n) is 4.75. The summed E-state index contributed by atoms with van der Waals surface area (Å²) in [5.74, 6) is 0.376. The van der Waals surface area contributed by atoms with Gasteiger partial charge < -0.3 is 15.6 Å². The second kappa shape index (κ2) is 8.14. The topological polar surface area (TPSA) is 82.7 Å². The van der Waals surface area contributed by atoms with Gasteiger partial charge in [-0.2, -0.15) is 0 Å². The first kappa shape index (κ1) is 18.7. The summed E-state index contributed by atoms with van der Waals surface area (Å²) in [5, 5.41) is 15.5. The maximum absolute atomic E-state index is 12.4. The average molecular weight is 385 g/mol. The molecular weight excluding hydrogens is 362 g/mol. The maximum Gasteiger partial charge on any atom is 0.276 e. The lowest BCUT2D eigenvalue weighted by Gasteiger charge is -2.08. The molecule has 0 saturated carbocycles. The molecule has 2 aromatic carbocycles. The van der Waals surface area contributed by atoms with Crippen LogP contribution in [0.1, 0.15) is 27.2 Å². The monoisotopic (exact) mass is 385 g/mol. The summed E-state index contributed by atoms with van der Waals surface area (Å²) < 4.78 is 0. The number of amides is 1. The second-order valence-electron chi connectivity index (χ2n) is 7.17. The summed E-state index contributed by atoms with van der Waals surface area (Å²) in [6.45, 7) is 4.73. The number of anilines is 2. The van der Waals surface area contributed by atoms with Crippen molar-refractivity contribution in [2.75, 3.05) is 17.2 Å². The van der Waals surface area contributed by atoms with Gasteiger partial charge in [0.1, 0.15) is 5.82 Å². The number of rotatable bonds is 6. The summed E-state index contributed by atoms with van der Waals surface area (Å²) in [7, 11) is 0. The third kappa shape index (κ3) is 4.43. The van der Waals surface area contributed by atoms with Crippen molar-refractivity contribution < 1.29 is 4.79 Å². The molecule has 6 nitrogen and oxygen atoms in total. The molecule has 29 heavy (non-hydrogen) atoms. The smallest absolute Gasteiger partial charge is 0.276 e. The Morgan fingerprint density at radius 1 is 1.00 bits per heavy atom. The van der Waals surface area contributed by atoms with E-state index in [1.165, 1.54) is 10.9 Å². The predicted octanol–water partition coefficient (Wildman–Crippen LogP) is 4.48. The number of fused-ring (bicyclic) bond motifs is 1. The predicted molar refractivity (Wildman–Crippen MR) is 116 cm³/mol. The number of hydrogen-bond donors (Lipinski definition) is 3. The van der Waals surface area contributed by atoms with Gasteiger partial charge in [0.05, 0.1) is 0 Å². The lowest BCUT2D eigenvalue weighted by atomic mass is 10.1. The van der Waals surface area contributed by atoms with Gasteiger partial charge in [-0.05, 0) is 67.3 Å². The number of hydrogen-bond acceptors (Lipinski definition) is 4. The Balaban J connectivity index is 1.34. The molecule has 0 unspecified atom stereocenters. The molecule has 0 atom stereocenters. The van der Waals surface area contributed by atoms with E-state index in [9.17, 15) is 4.79 Å². The fraction of sp³-hybridized carbons (Fsp3) is 0.174. The highest BCUT2D eigenvalue weighted by atomic mass is 16.1. The zero-order valence-corrected chi connectivity index (χ0v) is 16.5. The van der Waals surface area contributed by atoms with Gasteiger partial charge >= 0.3 is 0 Å². The third-order valence-corrected chi connectivity index (χ3v) is 4.75. The van der Waals surface area contributed by atoms with Crippen molar-refractivity contribution in [3.63, 3.8) is 0 Å². The summed E-state index contributed by atoms with van der Waals surface area (Å²) in [6.07, 6.45) is 2.90. The zero-order chi connectivity index (χ0) is 20.2. The van der Waals surface area contributed by atoms with Gasteiger partial charge in [0.25, 0.3) is 5.91 Å². The largest absolute Gasteiger partial charge is 0.368 e. The van der Waals surface area contributed by atoms with Crippen molar-refractivity contribution in [1.29, 1.82) is 0 Å². The molecule has 3 N–H and O–H groups in total. The Bertz CT molecular complexity index is 1130. The fourth-order valence-corrected chi connectivity index (χ4v) is 3.45. The van der Waals surface area contributed by atoms with Crippen molar-refractivity contribution in [1.82, 2.24) is 15.2 Å². The molecule has 4 rings (SSSR count). The van der Waals surface area contributed by atoms with Crippen LogP contribution in [0.3, 0.4) is 0 Å². The number of aromatic amines is 1. The van der Waals surface area contributed by atoms with E-state index in [4.69, 9.17) is 0 Å². The van der Waals surface area contributed by atoms with Crippen molar-refractivity contribution >= 4 is 28.3 Å². The number of aromatic nitrogens is 3. The molecule has 0 bridgehead atoms. The zero-order valence-electron chi connectivity index (χ0n) is 16.5. The van der Waals surface area contributed by atoms with Crippen molar-refractivity contribution in [2.45, 2.75) is 20.3 Å². The summed E-state index contributed by atoms with van der Waals surface area (Å²) >= 11 is 0. The highest BCUT2D eigenvalue weighted by molar-refractivity contribution is 6.02. The molecule has 0 aliphatic carbocycles. The van der Waals surface area contributed by atoms with Gasteiger partial charge in [-0.1, -0.05) is 24.3 Å². The fourth-order valence-electron chi connectivity index (χ4n) is 3.45. The number of carbonyl (C=O) groups is 1. The van der Waals surface area contributed by atoms with E-state index in [0.717, 1.165) is 35.3 Å². The Hall–Kier alpha value is -3.67. The minimum Gasteiger partial charge on any atom is -0.368 e. The maximum atomic E-state index is 12.4. The average Bonchev–Trinajstić information content (AvgIpc) is 3.11. The van der Waals surface area contributed by atoms with Crippen LogP contribution in [0.5, 0.6) is 0 Å². The summed E-state index contributed by atoms with van der Waals surface area (Å²) in [5.41, 5.74) is 5.64. The molecule has 6 heteroatoms. The number of carbonyl (C=O) groups excluding carboxylic acids is 1. The van der Waals surface area contributed by atoms with E-state index in [1.807, 2.05) is 44.3 Å². The standard InChI is InChI=1S/C23H23N5O/c1-15-11-16(2)13-18(12-15)26-23(29)21-7-8-22(28-27-21)24-10-9-17-14-25-20-6-4-3-5-19(17)20/h3-8,11-14,25H,9-10H2,1-2H3,(H,24,28)(H,26,29). The van der Waals surface area contributed by atoms with E-state index in [0.29, 0.717) is 5.82 Å². The summed E-state index contributed by atoms with van der Waals surface area (Å²) in [4.78, 5) is 15.7. The van der Waals surface area contributed by atoms with E-state index in [2.05, 4.69) is 44.0 Å². The lowest BCUT2D eigenvalue weighted by Crippen LogP contribution is -2.15. The molecule has 0 aliphatic rings. The molecule has 0 spiro atoms. The van der Waals surface area contributed by atoms with Gasteiger partial charge in [0.15, 0.2) is 5.69 Å². The number of benzene rings is 2. The van der Waals surface area contributed by atoms with Crippen LogP contribution < -0.4 is 10.6 Å². The summed E-state index contributed by atoms with van der Waals surface area (Å²) in [6, 6.07) is 17.6. The van der Waals surface area contributed by atoms with Gasteiger partial charge in [0.2, 0.25) is 0 Å². The molecule has 4 aromatic rings. The molecule has 0 saturated heterocycles. The molecule has 146 valence electrons. The Morgan fingerprint density at radius 3 is 2.55 bits per heavy atom. The first-order valence-corrected chi connectivity index (χ1v) is 9.61. The van der Waals surface area contributed by atoms with Gasteiger partial charge in [0, 0.05) is 29.3 Å².